The summed E-state index contributed by atoms with van der Waals surface area (Å²) in [6, 6.07) is 7.51. The normalized spacial score (nSPS) is 14.0. The zero-order valence-corrected chi connectivity index (χ0v) is 12.3. The summed E-state index contributed by atoms with van der Waals surface area (Å²) in [6.45, 7) is 3.39. The molecule has 0 heterocycles. The van der Waals surface area contributed by atoms with Crippen LogP contribution in [0.2, 0.25) is 0 Å². The van der Waals surface area contributed by atoms with Gasteiger partial charge in [0.2, 0.25) is 0 Å². The lowest BCUT2D eigenvalue weighted by atomic mass is 10.0. The molecule has 0 radical (unpaired) electrons. The topological polar surface area (TPSA) is 75.7 Å². The molecular formula is C16H27NO3. The van der Waals surface area contributed by atoms with Crippen molar-refractivity contribution in [1.82, 2.24) is 0 Å². The minimum absolute atomic E-state index is 0.198. The van der Waals surface area contributed by atoms with Crippen LogP contribution in [0.3, 0.4) is 0 Å². The molecule has 1 aromatic carbocycles. The van der Waals surface area contributed by atoms with Gasteiger partial charge in [-0.05, 0) is 49.4 Å². The number of rotatable bonds is 10. The van der Waals surface area contributed by atoms with Gasteiger partial charge in [0.1, 0.15) is 5.75 Å². The Balaban J connectivity index is 2.56. The van der Waals surface area contributed by atoms with E-state index in [1.165, 1.54) is 0 Å². The fourth-order valence-electron chi connectivity index (χ4n) is 2.25. The molecule has 0 spiro atoms. The van der Waals surface area contributed by atoms with Gasteiger partial charge in [-0.2, -0.15) is 0 Å². The third kappa shape index (κ3) is 5.90. The predicted molar refractivity (Wildman–Crippen MR) is 80.7 cm³/mol. The van der Waals surface area contributed by atoms with Gasteiger partial charge in [0.15, 0.2) is 0 Å². The molecule has 0 saturated heterocycles. The molecule has 4 nitrogen and oxygen atoms in total. The van der Waals surface area contributed by atoms with Crippen molar-refractivity contribution in [2.24, 2.45) is 11.7 Å². The van der Waals surface area contributed by atoms with Crippen molar-refractivity contribution in [3.63, 3.8) is 0 Å². The van der Waals surface area contributed by atoms with E-state index in [4.69, 9.17) is 15.6 Å². The second kappa shape index (κ2) is 9.75. The molecule has 2 atom stereocenters. The van der Waals surface area contributed by atoms with E-state index in [2.05, 4.69) is 6.92 Å². The quantitative estimate of drug-likeness (QED) is 0.615. The first kappa shape index (κ1) is 17.0. The van der Waals surface area contributed by atoms with E-state index in [0.717, 1.165) is 30.6 Å². The van der Waals surface area contributed by atoms with Crippen molar-refractivity contribution < 1.29 is 14.9 Å². The number of ether oxygens (including phenoxy) is 1. The maximum atomic E-state index is 9.92. The van der Waals surface area contributed by atoms with Crippen LogP contribution in [0.25, 0.3) is 0 Å². The molecule has 0 aliphatic carbocycles. The fraction of sp³-hybridized carbons (Fsp3) is 0.625. The van der Waals surface area contributed by atoms with E-state index in [1.807, 2.05) is 24.3 Å². The molecule has 0 aromatic heterocycles. The van der Waals surface area contributed by atoms with Crippen molar-refractivity contribution in [3.8, 4) is 5.75 Å². The maximum absolute atomic E-state index is 9.92. The number of aliphatic hydroxyl groups excluding tert-OH is 2. The Bertz CT molecular complexity index is 364. The number of hydrogen-bond acceptors (Lipinski definition) is 4. The molecule has 0 aliphatic rings. The van der Waals surface area contributed by atoms with Crippen molar-refractivity contribution in [2.45, 2.75) is 38.7 Å². The van der Waals surface area contributed by atoms with E-state index in [1.54, 1.807) is 0 Å². The van der Waals surface area contributed by atoms with Crippen LogP contribution in [-0.2, 0) is 0 Å². The van der Waals surface area contributed by atoms with E-state index < -0.39 is 6.10 Å². The van der Waals surface area contributed by atoms with E-state index in [9.17, 15) is 5.11 Å². The van der Waals surface area contributed by atoms with Crippen LogP contribution in [0, 0.1) is 5.92 Å². The molecule has 0 fully saturated rings. The van der Waals surface area contributed by atoms with Crippen molar-refractivity contribution in [2.75, 3.05) is 19.8 Å². The molecule has 0 aliphatic heterocycles. The van der Waals surface area contributed by atoms with Gasteiger partial charge < -0.3 is 20.7 Å². The maximum Gasteiger partial charge on any atom is 0.119 e. The largest absolute Gasteiger partial charge is 0.493 e. The molecule has 4 heteroatoms. The highest BCUT2D eigenvalue weighted by molar-refractivity contribution is 5.29. The number of hydrogen-bond donors (Lipinski definition) is 3. The van der Waals surface area contributed by atoms with Crippen molar-refractivity contribution >= 4 is 0 Å². The van der Waals surface area contributed by atoms with Gasteiger partial charge in [-0.3, -0.25) is 0 Å². The monoisotopic (exact) mass is 281 g/mol. The molecule has 4 N–H and O–H groups in total. The third-order valence-corrected chi connectivity index (χ3v) is 3.40. The Morgan fingerprint density at radius 1 is 1.25 bits per heavy atom. The summed E-state index contributed by atoms with van der Waals surface area (Å²) >= 11 is 0. The van der Waals surface area contributed by atoms with Gasteiger partial charge in [-0.25, -0.2) is 0 Å². The highest BCUT2D eigenvalue weighted by atomic mass is 16.5. The second-order valence-corrected chi connectivity index (χ2v) is 5.14. The van der Waals surface area contributed by atoms with Gasteiger partial charge in [-0.1, -0.05) is 25.5 Å². The SMILES string of the molecule is CCC[C@@H](CCO)COc1cccc([C@H](O)CCN)c1. The summed E-state index contributed by atoms with van der Waals surface area (Å²) in [5.74, 6) is 1.14. The lowest BCUT2D eigenvalue weighted by molar-refractivity contribution is 0.168. The lowest BCUT2D eigenvalue weighted by Crippen LogP contribution is -2.14. The Labute approximate surface area is 121 Å². The van der Waals surface area contributed by atoms with E-state index >= 15 is 0 Å². The Morgan fingerprint density at radius 3 is 2.70 bits per heavy atom. The fourth-order valence-corrected chi connectivity index (χ4v) is 2.25. The number of nitrogens with two attached hydrogens (primary N) is 1. The van der Waals surface area contributed by atoms with Crippen LogP contribution < -0.4 is 10.5 Å². The molecule has 0 saturated carbocycles. The number of benzene rings is 1. The Morgan fingerprint density at radius 2 is 2.05 bits per heavy atom. The van der Waals surface area contributed by atoms with Gasteiger partial charge in [0.25, 0.3) is 0 Å². The van der Waals surface area contributed by atoms with E-state index in [-0.39, 0.29) is 6.61 Å². The van der Waals surface area contributed by atoms with Crippen LogP contribution in [0.5, 0.6) is 5.75 Å². The van der Waals surface area contributed by atoms with Gasteiger partial charge in [0, 0.05) is 6.61 Å². The van der Waals surface area contributed by atoms with Gasteiger partial charge in [-0.15, -0.1) is 0 Å². The molecule has 1 rings (SSSR count). The molecule has 0 unspecified atom stereocenters. The van der Waals surface area contributed by atoms with Crippen LogP contribution in [0.4, 0.5) is 0 Å². The number of aliphatic hydroxyl groups is 2. The molecular weight excluding hydrogens is 254 g/mol. The molecule has 0 bridgehead atoms. The second-order valence-electron chi connectivity index (χ2n) is 5.14. The van der Waals surface area contributed by atoms with E-state index in [0.29, 0.717) is 25.5 Å². The summed E-state index contributed by atoms with van der Waals surface area (Å²) in [7, 11) is 0. The summed E-state index contributed by atoms with van der Waals surface area (Å²) in [4.78, 5) is 0. The zero-order chi connectivity index (χ0) is 14.8. The first-order chi connectivity index (χ1) is 9.71. The highest BCUT2D eigenvalue weighted by Gasteiger charge is 2.10. The molecule has 114 valence electrons. The smallest absolute Gasteiger partial charge is 0.119 e. The minimum Gasteiger partial charge on any atom is -0.493 e. The molecule has 20 heavy (non-hydrogen) atoms. The van der Waals surface area contributed by atoms with Crippen LogP contribution in [-0.4, -0.2) is 30.0 Å². The summed E-state index contributed by atoms with van der Waals surface area (Å²) in [6.07, 6.45) is 2.92. The average molecular weight is 281 g/mol. The van der Waals surface area contributed by atoms with Crippen LogP contribution >= 0.6 is 0 Å². The summed E-state index contributed by atoms with van der Waals surface area (Å²) in [5, 5.41) is 19.0. The average Bonchev–Trinajstić information content (AvgIpc) is 2.46. The first-order valence-corrected chi connectivity index (χ1v) is 7.43. The van der Waals surface area contributed by atoms with Crippen molar-refractivity contribution in [3.05, 3.63) is 29.8 Å². The lowest BCUT2D eigenvalue weighted by Gasteiger charge is -2.17. The molecule has 1 aromatic rings. The Kier molecular flexibility index (Phi) is 8.26. The zero-order valence-electron chi connectivity index (χ0n) is 12.3. The first-order valence-electron chi connectivity index (χ1n) is 7.43. The van der Waals surface area contributed by atoms with Gasteiger partial charge >= 0.3 is 0 Å². The molecule has 0 amide bonds. The minimum atomic E-state index is -0.535. The van der Waals surface area contributed by atoms with Crippen LogP contribution in [0.1, 0.15) is 44.3 Å². The van der Waals surface area contributed by atoms with Crippen LogP contribution in [0.15, 0.2) is 24.3 Å². The Hall–Kier alpha value is -1.10. The van der Waals surface area contributed by atoms with Crippen molar-refractivity contribution in [1.29, 1.82) is 0 Å². The third-order valence-electron chi connectivity index (χ3n) is 3.40. The summed E-state index contributed by atoms with van der Waals surface area (Å²) in [5.41, 5.74) is 6.29. The highest BCUT2D eigenvalue weighted by Crippen LogP contribution is 2.22. The van der Waals surface area contributed by atoms with Gasteiger partial charge in [0.05, 0.1) is 12.7 Å². The standard InChI is InChI=1S/C16H27NO3/c1-2-4-13(8-10-18)12-20-15-6-3-5-14(11-15)16(19)7-9-17/h3,5-6,11,13,16,18-19H,2,4,7-10,12,17H2,1H3/t13-,16+/m0/s1. The predicted octanol–water partition coefficient (Wildman–Crippen LogP) is 2.25. The summed E-state index contributed by atoms with van der Waals surface area (Å²) < 4.78 is 5.79.